The van der Waals surface area contributed by atoms with E-state index in [-0.39, 0.29) is 30.4 Å². The number of ether oxygens (including phenoxy) is 1. The summed E-state index contributed by atoms with van der Waals surface area (Å²) in [5.74, 6) is -1.08. The molecule has 1 saturated heterocycles. The van der Waals surface area contributed by atoms with E-state index < -0.39 is 11.5 Å². The molecule has 0 bridgehead atoms. The highest BCUT2D eigenvalue weighted by Crippen LogP contribution is 2.36. The first-order chi connectivity index (χ1) is 17.9. The minimum absolute atomic E-state index is 0.0118. The van der Waals surface area contributed by atoms with Gasteiger partial charge in [-0.15, -0.1) is 22.7 Å². The molecule has 192 valence electrons. The molecule has 7 nitrogen and oxygen atoms in total. The zero-order valence-electron chi connectivity index (χ0n) is 20.5. The van der Waals surface area contributed by atoms with Gasteiger partial charge in [-0.05, 0) is 49.1 Å². The van der Waals surface area contributed by atoms with Crippen molar-refractivity contribution in [2.24, 2.45) is 0 Å². The highest BCUT2D eigenvalue weighted by molar-refractivity contribution is 7.18. The lowest BCUT2D eigenvalue weighted by Gasteiger charge is -2.37. The van der Waals surface area contributed by atoms with Crippen molar-refractivity contribution in [3.05, 3.63) is 84.9 Å². The number of anilines is 1. The first kappa shape index (κ1) is 25.2. The lowest BCUT2D eigenvalue weighted by Crippen LogP contribution is -2.49. The van der Waals surface area contributed by atoms with Gasteiger partial charge in [0, 0.05) is 36.4 Å². The van der Waals surface area contributed by atoms with E-state index in [9.17, 15) is 18.8 Å². The van der Waals surface area contributed by atoms with E-state index in [1.54, 1.807) is 24.0 Å². The molecule has 1 aliphatic heterocycles. The molecule has 1 aromatic carbocycles. The fourth-order valence-corrected chi connectivity index (χ4v) is 6.40. The van der Waals surface area contributed by atoms with Crippen LogP contribution in [0.3, 0.4) is 0 Å². The number of fused-ring (bicyclic) bond motifs is 1. The quantitative estimate of drug-likeness (QED) is 0.331. The second-order valence-corrected chi connectivity index (χ2v) is 11.0. The van der Waals surface area contributed by atoms with Crippen molar-refractivity contribution in [3.63, 3.8) is 0 Å². The number of nitrogens with zero attached hydrogens (tertiary/aromatic N) is 3. The van der Waals surface area contributed by atoms with Crippen LogP contribution < -0.4 is 10.5 Å². The van der Waals surface area contributed by atoms with Crippen LogP contribution in [0.4, 0.5) is 10.1 Å². The van der Waals surface area contributed by atoms with Gasteiger partial charge in [0.25, 0.3) is 11.5 Å². The lowest BCUT2D eigenvalue weighted by atomic mass is 10.1. The minimum Gasteiger partial charge on any atom is -0.462 e. The van der Waals surface area contributed by atoms with E-state index >= 15 is 0 Å². The average molecular weight is 540 g/mol. The Kier molecular flexibility index (Phi) is 7.12. The van der Waals surface area contributed by atoms with Gasteiger partial charge < -0.3 is 14.5 Å². The Bertz CT molecular complexity index is 1520. The predicted octanol–water partition coefficient (Wildman–Crippen LogP) is 4.76. The summed E-state index contributed by atoms with van der Waals surface area (Å²) in [6.07, 6.45) is 0. The Morgan fingerprint density at radius 1 is 1.08 bits per heavy atom. The van der Waals surface area contributed by atoms with Crippen LogP contribution in [0.1, 0.15) is 37.4 Å². The number of benzene rings is 1. The van der Waals surface area contributed by atoms with E-state index in [2.05, 4.69) is 0 Å². The van der Waals surface area contributed by atoms with Crippen molar-refractivity contribution in [2.45, 2.75) is 20.4 Å². The molecule has 37 heavy (non-hydrogen) atoms. The number of carbonyl (C=O) groups is 2. The number of carbonyl (C=O) groups excluding carboxylic acids is 2. The fourth-order valence-electron chi connectivity index (χ4n) is 4.70. The zero-order chi connectivity index (χ0) is 26.1. The maximum Gasteiger partial charge on any atom is 0.345 e. The van der Waals surface area contributed by atoms with Crippen LogP contribution in [0.25, 0.3) is 10.2 Å². The van der Waals surface area contributed by atoms with Crippen LogP contribution in [0.2, 0.25) is 0 Å². The molecule has 0 radical (unpaired) electrons. The molecule has 4 heterocycles. The highest BCUT2D eigenvalue weighted by Gasteiger charge is 2.31. The Morgan fingerprint density at radius 2 is 1.86 bits per heavy atom. The van der Waals surface area contributed by atoms with Crippen LogP contribution >= 0.6 is 22.7 Å². The summed E-state index contributed by atoms with van der Waals surface area (Å²) in [5, 5.41) is 2.66. The van der Waals surface area contributed by atoms with Crippen LogP contribution in [0, 0.1) is 12.7 Å². The number of halogens is 1. The molecule has 5 rings (SSSR count). The summed E-state index contributed by atoms with van der Waals surface area (Å²) in [4.78, 5) is 46.1. The number of esters is 1. The molecule has 0 saturated carbocycles. The topological polar surface area (TPSA) is 71.8 Å². The summed E-state index contributed by atoms with van der Waals surface area (Å²) in [7, 11) is 0. The number of amides is 1. The van der Waals surface area contributed by atoms with Crippen molar-refractivity contribution >= 4 is 50.5 Å². The van der Waals surface area contributed by atoms with Gasteiger partial charge in [0.2, 0.25) is 0 Å². The zero-order valence-corrected chi connectivity index (χ0v) is 22.2. The average Bonchev–Trinajstić information content (AvgIpc) is 3.55. The van der Waals surface area contributed by atoms with Gasteiger partial charge in [0.1, 0.15) is 16.2 Å². The third kappa shape index (κ3) is 4.91. The van der Waals surface area contributed by atoms with Crippen LogP contribution in [0.15, 0.2) is 52.6 Å². The maximum atomic E-state index is 13.9. The first-order valence-corrected chi connectivity index (χ1v) is 13.7. The van der Waals surface area contributed by atoms with Gasteiger partial charge in [0.05, 0.1) is 23.7 Å². The minimum atomic E-state index is -0.682. The number of hydrogen-bond acceptors (Lipinski definition) is 7. The molecule has 0 aliphatic carbocycles. The van der Waals surface area contributed by atoms with E-state index in [1.807, 2.05) is 35.4 Å². The Balaban J connectivity index is 1.58. The molecular weight excluding hydrogens is 513 g/mol. The second kappa shape index (κ2) is 10.5. The Hall–Kier alpha value is -3.50. The van der Waals surface area contributed by atoms with Gasteiger partial charge in [0.15, 0.2) is 0 Å². The number of pyridine rings is 1. The molecule has 0 N–H and O–H groups in total. The molecular formula is C27H26FN3O4S2. The third-order valence-electron chi connectivity index (χ3n) is 6.36. The van der Waals surface area contributed by atoms with Gasteiger partial charge >= 0.3 is 5.97 Å². The van der Waals surface area contributed by atoms with Crippen molar-refractivity contribution in [1.82, 2.24) is 9.47 Å². The largest absolute Gasteiger partial charge is 0.462 e. The van der Waals surface area contributed by atoms with E-state index in [4.69, 9.17) is 4.74 Å². The maximum absolute atomic E-state index is 13.9. The SMILES string of the molecule is CCOC(=O)c1c(N2CCN(C(=O)c3cccs3)CC2)c2cc(C)sc2n(Cc2cccc(F)c2)c1=O. The van der Waals surface area contributed by atoms with Crippen LogP contribution in [-0.2, 0) is 11.3 Å². The normalized spacial score (nSPS) is 13.8. The van der Waals surface area contributed by atoms with Gasteiger partial charge in [-0.3, -0.25) is 14.2 Å². The molecule has 1 amide bonds. The van der Waals surface area contributed by atoms with E-state index in [0.29, 0.717) is 47.1 Å². The molecule has 0 atom stereocenters. The lowest BCUT2D eigenvalue weighted by molar-refractivity contribution is 0.0523. The number of rotatable bonds is 6. The molecule has 4 aromatic rings. The van der Waals surface area contributed by atoms with Gasteiger partial charge in [-0.2, -0.15) is 0 Å². The molecule has 0 unspecified atom stereocenters. The van der Waals surface area contributed by atoms with Crippen molar-refractivity contribution < 1.29 is 18.7 Å². The molecule has 1 fully saturated rings. The molecule has 3 aromatic heterocycles. The summed E-state index contributed by atoms with van der Waals surface area (Å²) >= 11 is 2.87. The summed E-state index contributed by atoms with van der Waals surface area (Å²) < 4.78 is 20.8. The summed E-state index contributed by atoms with van der Waals surface area (Å²) in [6, 6.07) is 11.7. The van der Waals surface area contributed by atoms with Crippen molar-refractivity contribution in [3.8, 4) is 0 Å². The number of hydrogen-bond donors (Lipinski definition) is 0. The van der Waals surface area contributed by atoms with E-state index in [1.165, 1.54) is 39.4 Å². The summed E-state index contributed by atoms with van der Waals surface area (Å²) in [5.41, 5.74) is 0.671. The predicted molar refractivity (Wildman–Crippen MR) is 145 cm³/mol. The number of aromatic nitrogens is 1. The summed E-state index contributed by atoms with van der Waals surface area (Å²) in [6.45, 7) is 5.79. The van der Waals surface area contributed by atoms with E-state index in [0.717, 1.165) is 10.3 Å². The van der Waals surface area contributed by atoms with Crippen LogP contribution in [-0.4, -0.2) is 54.1 Å². The fraction of sp³-hybridized carbons (Fsp3) is 0.296. The smallest absolute Gasteiger partial charge is 0.345 e. The van der Waals surface area contributed by atoms with Crippen LogP contribution in [0.5, 0.6) is 0 Å². The molecule has 10 heteroatoms. The van der Waals surface area contributed by atoms with Crippen molar-refractivity contribution in [2.75, 3.05) is 37.7 Å². The Morgan fingerprint density at radius 3 is 2.54 bits per heavy atom. The standard InChI is InChI=1S/C27H26FN3O4S2/c1-3-35-27(34)22-23(29-9-11-30(12-10-29)24(32)21-8-5-13-36-21)20-14-17(2)37-26(20)31(25(22)33)16-18-6-4-7-19(28)15-18/h4-8,13-15H,3,9-12,16H2,1-2H3. The number of thiophene rings is 2. The number of piperazine rings is 1. The molecule has 0 spiro atoms. The van der Waals surface area contributed by atoms with Crippen molar-refractivity contribution in [1.29, 1.82) is 0 Å². The monoisotopic (exact) mass is 539 g/mol. The number of aryl methyl sites for hydroxylation is 1. The highest BCUT2D eigenvalue weighted by atomic mass is 32.1. The Labute approximate surface area is 221 Å². The third-order valence-corrected chi connectivity index (χ3v) is 8.29. The first-order valence-electron chi connectivity index (χ1n) is 12.0. The van der Waals surface area contributed by atoms with Gasteiger partial charge in [-0.1, -0.05) is 18.2 Å². The second-order valence-electron chi connectivity index (χ2n) is 8.80. The van der Waals surface area contributed by atoms with Gasteiger partial charge in [-0.25, -0.2) is 9.18 Å². The molecule has 1 aliphatic rings.